The number of hydrogen-bond donors (Lipinski definition) is 3. The third kappa shape index (κ3) is 5.39. The summed E-state index contributed by atoms with van der Waals surface area (Å²) in [6, 6.07) is 13.6. The third-order valence-corrected chi connectivity index (χ3v) is 5.11. The molecule has 0 aromatic heterocycles. The zero-order valence-corrected chi connectivity index (χ0v) is 16.0. The van der Waals surface area contributed by atoms with Crippen LogP contribution >= 0.6 is 0 Å². The van der Waals surface area contributed by atoms with Crippen LogP contribution in [0.1, 0.15) is 37.4 Å². The van der Waals surface area contributed by atoms with Gasteiger partial charge in [-0.3, -0.25) is 10.1 Å². The Labute approximate surface area is 154 Å². The maximum atomic E-state index is 12.4. The van der Waals surface area contributed by atoms with Gasteiger partial charge in [0.05, 0.1) is 10.9 Å². The van der Waals surface area contributed by atoms with Crippen molar-refractivity contribution in [2.45, 2.75) is 44.2 Å². The average Bonchev–Trinajstić information content (AvgIpc) is 2.60. The average molecular weight is 375 g/mol. The van der Waals surface area contributed by atoms with Crippen LogP contribution in [0.4, 0.5) is 5.69 Å². The van der Waals surface area contributed by atoms with E-state index in [2.05, 4.69) is 41.8 Å². The second kappa shape index (κ2) is 8.44. The molecule has 0 aliphatic carbocycles. The topological polar surface area (TPSA) is 101 Å². The molecule has 2 aromatic carbocycles. The summed E-state index contributed by atoms with van der Waals surface area (Å²) in [4.78, 5) is 12.4. The molecule has 0 spiro atoms. The molecular formula is C19H25N3O3S. The van der Waals surface area contributed by atoms with Crippen LogP contribution in [0.5, 0.6) is 0 Å². The van der Waals surface area contributed by atoms with E-state index in [-0.39, 0.29) is 16.8 Å². The maximum Gasteiger partial charge on any atom is 0.241 e. The molecular weight excluding hydrogens is 350 g/mol. The van der Waals surface area contributed by atoms with Crippen LogP contribution < -0.4 is 15.8 Å². The van der Waals surface area contributed by atoms with Gasteiger partial charge < -0.3 is 5.32 Å². The first-order valence-electron chi connectivity index (χ1n) is 8.47. The largest absolute Gasteiger partial charge is 0.325 e. The Morgan fingerprint density at radius 2 is 1.65 bits per heavy atom. The van der Waals surface area contributed by atoms with Gasteiger partial charge in [-0.1, -0.05) is 36.8 Å². The summed E-state index contributed by atoms with van der Waals surface area (Å²) in [7, 11) is -3.74. The van der Waals surface area contributed by atoms with E-state index >= 15 is 0 Å². The van der Waals surface area contributed by atoms with Gasteiger partial charge in [0, 0.05) is 11.7 Å². The second-order valence-electron chi connectivity index (χ2n) is 6.32. The number of sulfonamides is 1. The van der Waals surface area contributed by atoms with Gasteiger partial charge in [0.1, 0.15) is 0 Å². The molecule has 6 nitrogen and oxygen atoms in total. The highest BCUT2D eigenvalue weighted by molar-refractivity contribution is 7.89. The van der Waals surface area contributed by atoms with E-state index in [1.54, 1.807) is 6.92 Å². The molecule has 0 saturated heterocycles. The lowest BCUT2D eigenvalue weighted by atomic mass is 10.0. The lowest BCUT2D eigenvalue weighted by Crippen LogP contribution is -2.40. The van der Waals surface area contributed by atoms with Gasteiger partial charge in [-0.2, -0.15) is 0 Å². The minimum atomic E-state index is -3.74. The van der Waals surface area contributed by atoms with Gasteiger partial charge in [-0.05, 0) is 50.1 Å². The molecule has 0 radical (unpaired) electrons. The number of nitrogens with two attached hydrogens (primary N) is 1. The summed E-state index contributed by atoms with van der Waals surface area (Å²) in [5, 5.41) is 11.2. The van der Waals surface area contributed by atoms with Crippen molar-refractivity contribution >= 4 is 21.6 Å². The van der Waals surface area contributed by atoms with Crippen LogP contribution in [0.25, 0.3) is 0 Å². The molecule has 26 heavy (non-hydrogen) atoms. The van der Waals surface area contributed by atoms with Crippen molar-refractivity contribution in [2.24, 2.45) is 5.14 Å². The van der Waals surface area contributed by atoms with Gasteiger partial charge in [0.2, 0.25) is 15.9 Å². The number of rotatable bonds is 7. The second-order valence-corrected chi connectivity index (χ2v) is 7.88. The first-order valence-corrected chi connectivity index (χ1v) is 10.0. The third-order valence-electron chi connectivity index (χ3n) is 4.18. The predicted molar refractivity (Wildman–Crippen MR) is 103 cm³/mol. The Kier molecular flexibility index (Phi) is 6.52. The van der Waals surface area contributed by atoms with Gasteiger partial charge in [0.15, 0.2) is 0 Å². The Morgan fingerprint density at radius 1 is 1.08 bits per heavy atom. The van der Waals surface area contributed by atoms with E-state index in [0.29, 0.717) is 5.69 Å². The number of carbonyl (C=O) groups excluding carboxylic acids is 1. The normalized spacial score (nSPS) is 13.8. The van der Waals surface area contributed by atoms with Crippen molar-refractivity contribution in [3.63, 3.8) is 0 Å². The SMILES string of the molecule is CC[C@@H](N[C@H](C)C(=O)Nc1ccc(S(N)(=O)=O)cc1)c1ccc(C)cc1. The van der Waals surface area contributed by atoms with Crippen LogP contribution in [0.2, 0.25) is 0 Å². The number of primary sulfonamides is 1. The molecule has 0 fully saturated rings. The van der Waals surface area contributed by atoms with E-state index in [9.17, 15) is 13.2 Å². The molecule has 7 heteroatoms. The van der Waals surface area contributed by atoms with Crippen molar-refractivity contribution in [1.82, 2.24) is 5.32 Å². The van der Waals surface area contributed by atoms with E-state index < -0.39 is 16.1 Å². The summed E-state index contributed by atoms with van der Waals surface area (Å²) in [6.45, 7) is 5.90. The quantitative estimate of drug-likeness (QED) is 0.692. The summed E-state index contributed by atoms with van der Waals surface area (Å²) in [5.41, 5.74) is 2.84. The van der Waals surface area contributed by atoms with E-state index in [1.165, 1.54) is 29.8 Å². The number of aryl methyl sites for hydroxylation is 1. The molecule has 0 bridgehead atoms. The Balaban J connectivity index is 2.01. The lowest BCUT2D eigenvalue weighted by Gasteiger charge is -2.22. The molecule has 0 unspecified atom stereocenters. The number of anilines is 1. The Bertz CT molecular complexity index is 847. The summed E-state index contributed by atoms with van der Waals surface area (Å²) in [6.07, 6.45) is 0.851. The first kappa shape index (κ1) is 20.1. The van der Waals surface area contributed by atoms with E-state index in [1.807, 2.05) is 6.92 Å². The van der Waals surface area contributed by atoms with Crippen molar-refractivity contribution in [3.05, 3.63) is 59.7 Å². The zero-order valence-electron chi connectivity index (χ0n) is 15.2. The first-order chi connectivity index (χ1) is 12.2. The molecule has 0 aliphatic heterocycles. The Hall–Kier alpha value is -2.22. The van der Waals surface area contributed by atoms with Gasteiger partial charge in [-0.15, -0.1) is 0 Å². The van der Waals surface area contributed by atoms with Crippen molar-refractivity contribution in [2.75, 3.05) is 5.32 Å². The number of amides is 1. The number of carbonyl (C=O) groups is 1. The Morgan fingerprint density at radius 3 is 2.15 bits per heavy atom. The molecule has 140 valence electrons. The minimum absolute atomic E-state index is 0.00657. The number of hydrogen-bond acceptors (Lipinski definition) is 4. The van der Waals surface area contributed by atoms with E-state index in [0.717, 1.165) is 12.0 Å². The molecule has 2 rings (SSSR count). The van der Waals surface area contributed by atoms with Crippen LogP contribution in [0.3, 0.4) is 0 Å². The van der Waals surface area contributed by atoms with Crippen molar-refractivity contribution in [3.8, 4) is 0 Å². The summed E-state index contributed by atoms with van der Waals surface area (Å²) < 4.78 is 22.5. The van der Waals surface area contributed by atoms with Gasteiger partial charge >= 0.3 is 0 Å². The molecule has 1 amide bonds. The van der Waals surface area contributed by atoms with Gasteiger partial charge in [-0.25, -0.2) is 13.6 Å². The van der Waals surface area contributed by atoms with E-state index in [4.69, 9.17) is 5.14 Å². The fourth-order valence-electron chi connectivity index (χ4n) is 2.60. The summed E-state index contributed by atoms with van der Waals surface area (Å²) >= 11 is 0. The molecule has 0 saturated carbocycles. The molecule has 2 aromatic rings. The van der Waals surface area contributed by atoms with Crippen LogP contribution in [0, 0.1) is 6.92 Å². The highest BCUT2D eigenvalue weighted by Crippen LogP contribution is 2.18. The van der Waals surface area contributed by atoms with Crippen LogP contribution in [0.15, 0.2) is 53.4 Å². The zero-order chi connectivity index (χ0) is 19.3. The fourth-order valence-corrected chi connectivity index (χ4v) is 3.12. The number of benzene rings is 2. The van der Waals surface area contributed by atoms with Gasteiger partial charge in [0.25, 0.3) is 0 Å². The molecule has 2 atom stereocenters. The standard InChI is InChI=1S/C19H25N3O3S/c1-4-18(15-7-5-13(2)6-8-15)21-14(3)19(23)22-16-9-11-17(12-10-16)26(20,24)25/h5-12,14,18,21H,4H2,1-3H3,(H,22,23)(H2,20,24,25)/t14-,18-/m1/s1. The smallest absolute Gasteiger partial charge is 0.241 e. The number of nitrogens with one attached hydrogen (secondary N) is 2. The molecule has 4 N–H and O–H groups in total. The maximum absolute atomic E-state index is 12.4. The van der Waals surface area contributed by atoms with Crippen molar-refractivity contribution in [1.29, 1.82) is 0 Å². The van der Waals surface area contributed by atoms with Crippen molar-refractivity contribution < 1.29 is 13.2 Å². The minimum Gasteiger partial charge on any atom is -0.325 e. The highest BCUT2D eigenvalue weighted by Gasteiger charge is 2.18. The summed E-state index contributed by atoms with van der Waals surface area (Å²) in [5.74, 6) is -0.195. The molecule has 0 aliphatic rings. The monoisotopic (exact) mass is 375 g/mol. The lowest BCUT2D eigenvalue weighted by molar-refractivity contribution is -0.118. The highest BCUT2D eigenvalue weighted by atomic mass is 32.2. The molecule has 0 heterocycles. The van der Waals surface area contributed by atoms with Crippen LogP contribution in [-0.4, -0.2) is 20.4 Å². The fraction of sp³-hybridized carbons (Fsp3) is 0.316. The van der Waals surface area contributed by atoms with Crippen LogP contribution in [-0.2, 0) is 14.8 Å². The predicted octanol–water partition coefficient (Wildman–Crippen LogP) is 2.71.